The van der Waals surface area contributed by atoms with Gasteiger partial charge in [0.2, 0.25) is 0 Å². The van der Waals surface area contributed by atoms with Gasteiger partial charge in [-0.2, -0.15) is 5.10 Å². The predicted octanol–water partition coefficient (Wildman–Crippen LogP) is 5.97. The Morgan fingerprint density at radius 3 is 2.74 bits per heavy atom. The molecule has 0 saturated heterocycles. The number of fused-ring (bicyclic) bond motifs is 1. The van der Waals surface area contributed by atoms with Crippen LogP contribution >= 0.6 is 11.8 Å². The van der Waals surface area contributed by atoms with Crippen molar-refractivity contribution in [2.45, 2.75) is 58.2 Å². The molecular formula is C27H34N4O2S. The van der Waals surface area contributed by atoms with Crippen LogP contribution in [0.25, 0.3) is 0 Å². The number of aryl methyl sites for hydroxylation is 1. The zero-order valence-corrected chi connectivity index (χ0v) is 21.8. The number of anilines is 1. The molecule has 0 unspecified atom stereocenters. The monoisotopic (exact) mass is 478 g/mol. The summed E-state index contributed by atoms with van der Waals surface area (Å²) < 4.78 is 5.10. The van der Waals surface area contributed by atoms with Crippen LogP contribution in [-0.4, -0.2) is 52.8 Å². The molecule has 2 heterocycles. The molecule has 6 nitrogen and oxygen atoms in total. The van der Waals surface area contributed by atoms with Crippen molar-refractivity contribution in [2.75, 3.05) is 25.1 Å². The van der Waals surface area contributed by atoms with Crippen molar-refractivity contribution < 1.29 is 9.53 Å². The lowest BCUT2D eigenvalue weighted by Crippen LogP contribution is -2.41. The van der Waals surface area contributed by atoms with Gasteiger partial charge < -0.3 is 9.64 Å². The van der Waals surface area contributed by atoms with Crippen molar-refractivity contribution in [1.29, 1.82) is 0 Å². The average molecular weight is 479 g/mol. The Labute approximate surface area is 207 Å². The van der Waals surface area contributed by atoms with Gasteiger partial charge >= 0.3 is 5.24 Å². The summed E-state index contributed by atoms with van der Waals surface area (Å²) >= 11 is 1.34. The summed E-state index contributed by atoms with van der Waals surface area (Å²) in [7, 11) is 1.69. The van der Waals surface area contributed by atoms with Crippen molar-refractivity contribution in [3.8, 4) is 5.75 Å². The molecule has 180 valence electrons. The van der Waals surface area contributed by atoms with Crippen molar-refractivity contribution in [2.24, 2.45) is 10.1 Å². The summed E-state index contributed by atoms with van der Waals surface area (Å²) in [5.41, 5.74) is 5.54. The van der Waals surface area contributed by atoms with Gasteiger partial charge in [0, 0.05) is 30.4 Å². The normalized spacial score (nSPS) is 18.1. The molecular weight excluding hydrogens is 444 g/mol. The van der Waals surface area contributed by atoms with Crippen LogP contribution in [0.2, 0.25) is 0 Å². The largest absolute Gasteiger partial charge is 0.497 e. The number of rotatable bonds is 5. The quantitative estimate of drug-likeness (QED) is 0.392. The fraction of sp³-hybridized carbons (Fsp3) is 0.444. The van der Waals surface area contributed by atoms with Gasteiger partial charge in [-0.1, -0.05) is 30.0 Å². The molecule has 1 amide bonds. The van der Waals surface area contributed by atoms with Crippen LogP contribution in [0.4, 0.5) is 10.5 Å². The van der Waals surface area contributed by atoms with Crippen LogP contribution in [-0.2, 0) is 6.42 Å². The number of amides is 1. The number of carbonyl (C=O) groups excluding carboxylic acids is 1. The molecule has 0 saturated carbocycles. The lowest BCUT2D eigenvalue weighted by Gasteiger charge is -2.35. The minimum Gasteiger partial charge on any atom is -0.497 e. The summed E-state index contributed by atoms with van der Waals surface area (Å²) in [6, 6.07) is 14.9. The fourth-order valence-electron chi connectivity index (χ4n) is 4.48. The molecule has 2 aliphatic rings. The molecule has 34 heavy (non-hydrogen) atoms. The number of benzene rings is 2. The maximum absolute atomic E-state index is 12.4. The lowest BCUT2D eigenvalue weighted by molar-refractivity contribution is 0.226. The van der Waals surface area contributed by atoms with Gasteiger partial charge in [0.15, 0.2) is 0 Å². The number of hydrogen-bond acceptors (Lipinski definition) is 5. The van der Waals surface area contributed by atoms with Crippen LogP contribution in [0.15, 0.2) is 52.6 Å². The Morgan fingerprint density at radius 2 is 2.03 bits per heavy atom. The highest BCUT2D eigenvalue weighted by atomic mass is 32.2. The molecule has 7 heteroatoms. The molecule has 0 aliphatic carbocycles. The number of hydrazone groups is 1. The van der Waals surface area contributed by atoms with Gasteiger partial charge in [0.25, 0.3) is 0 Å². The van der Waals surface area contributed by atoms with Gasteiger partial charge in [-0.05, 0) is 82.9 Å². The number of carbonyl (C=O) groups is 1. The fourth-order valence-corrected chi connectivity index (χ4v) is 5.44. The van der Waals surface area contributed by atoms with Crippen LogP contribution in [0, 0.1) is 0 Å². The Kier molecular flexibility index (Phi) is 7.03. The first-order valence-electron chi connectivity index (χ1n) is 12.0. The van der Waals surface area contributed by atoms with E-state index in [9.17, 15) is 4.79 Å². The molecule has 4 rings (SSSR count). The van der Waals surface area contributed by atoms with Crippen molar-refractivity contribution in [3.05, 3.63) is 59.2 Å². The first-order valence-corrected chi connectivity index (χ1v) is 12.8. The standard InChI is InChI=1S/C27H34N4O2S/c1-7-31-26(32)34-27(4,5)24(29-31)20-13-14-23-19(16-20)11-9-15-30(23)25(28-18(2)3)21-10-8-12-22(17-21)33-6/h8,10,12-14,16-18H,7,9,11,15H2,1-6H3/b28-25-. The molecule has 0 radical (unpaired) electrons. The first-order chi connectivity index (χ1) is 16.2. The van der Waals surface area contributed by atoms with E-state index in [2.05, 4.69) is 62.9 Å². The first kappa shape index (κ1) is 24.3. The van der Waals surface area contributed by atoms with Crippen LogP contribution in [0.3, 0.4) is 0 Å². The van der Waals surface area contributed by atoms with Crippen molar-refractivity contribution >= 4 is 34.2 Å². The molecule has 2 aliphatic heterocycles. The smallest absolute Gasteiger partial charge is 0.302 e. The summed E-state index contributed by atoms with van der Waals surface area (Å²) in [4.78, 5) is 19.8. The zero-order valence-electron chi connectivity index (χ0n) is 21.0. The summed E-state index contributed by atoms with van der Waals surface area (Å²) in [5, 5.41) is 6.31. The van der Waals surface area contributed by atoms with Crippen LogP contribution in [0.1, 0.15) is 57.7 Å². The topological polar surface area (TPSA) is 57.5 Å². The summed E-state index contributed by atoms with van der Waals surface area (Å²) in [5.74, 6) is 1.79. The maximum Gasteiger partial charge on any atom is 0.302 e. The van der Waals surface area contributed by atoms with E-state index in [-0.39, 0.29) is 16.0 Å². The SMILES string of the molecule is CCN1N=C(c2ccc3c(c2)CCCN3/C(=N\C(C)C)c2cccc(OC)c2)C(C)(C)SC1=O. The number of hydrogen-bond donors (Lipinski definition) is 0. The van der Waals surface area contributed by atoms with E-state index < -0.39 is 0 Å². The number of methoxy groups -OCH3 is 1. The van der Waals surface area contributed by atoms with Gasteiger partial charge in [0.05, 0.1) is 17.6 Å². The lowest BCUT2D eigenvalue weighted by atomic mass is 9.93. The summed E-state index contributed by atoms with van der Waals surface area (Å²) in [6.45, 7) is 11.8. The third kappa shape index (κ3) is 4.85. The van der Waals surface area contributed by atoms with E-state index in [0.717, 1.165) is 47.8 Å². The zero-order chi connectivity index (χ0) is 24.5. The molecule has 2 aromatic rings. The second kappa shape index (κ2) is 9.82. The third-order valence-corrected chi connectivity index (χ3v) is 7.17. The number of thioether (sulfide) groups is 1. The Balaban J connectivity index is 1.76. The third-order valence-electron chi connectivity index (χ3n) is 6.08. The van der Waals surface area contributed by atoms with Crippen LogP contribution in [0.5, 0.6) is 5.75 Å². The number of aliphatic imine (C=N–C) groups is 1. The van der Waals surface area contributed by atoms with Crippen molar-refractivity contribution in [3.63, 3.8) is 0 Å². The molecule has 0 aromatic heterocycles. The van der Waals surface area contributed by atoms with E-state index >= 15 is 0 Å². The summed E-state index contributed by atoms with van der Waals surface area (Å²) in [6.07, 6.45) is 2.05. The van der Waals surface area contributed by atoms with E-state index in [1.54, 1.807) is 12.1 Å². The van der Waals surface area contributed by atoms with Crippen LogP contribution < -0.4 is 9.64 Å². The number of ether oxygens (including phenoxy) is 1. The van der Waals surface area contributed by atoms with E-state index in [1.165, 1.54) is 23.0 Å². The van der Waals surface area contributed by atoms with Gasteiger partial charge in [-0.25, -0.2) is 5.01 Å². The molecule has 0 spiro atoms. The van der Waals surface area contributed by atoms with Gasteiger partial charge in [-0.3, -0.25) is 9.79 Å². The highest BCUT2D eigenvalue weighted by molar-refractivity contribution is 8.15. The second-order valence-electron chi connectivity index (χ2n) is 9.42. The Hall–Kier alpha value is -2.80. The van der Waals surface area contributed by atoms with E-state index in [1.807, 2.05) is 19.1 Å². The maximum atomic E-state index is 12.4. The molecule has 0 N–H and O–H groups in total. The van der Waals surface area contributed by atoms with Gasteiger partial charge in [0.1, 0.15) is 11.6 Å². The van der Waals surface area contributed by atoms with E-state index in [4.69, 9.17) is 14.8 Å². The predicted molar refractivity (Wildman–Crippen MR) is 143 cm³/mol. The molecule has 0 atom stereocenters. The second-order valence-corrected chi connectivity index (χ2v) is 11.0. The highest BCUT2D eigenvalue weighted by Crippen LogP contribution is 2.38. The Morgan fingerprint density at radius 1 is 1.24 bits per heavy atom. The average Bonchev–Trinajstić information content (AvgIpc) is 2.81. The number of amidine groups is 1. The van der Waals surface area contributed by atoms with E-state index in [0.29, 0.717) is 6.54 Å². The highest BCUT2D eigenvalue weighted by Gasteiger charge is 2.37. The molecule has 0 bridgehead atoms. The Bertz CT molecular complexity index is 1140. The minimum absolute atomic E-state index is 0.00760. The number of nitrogens with zero attached hydrogens (tertiary/aromatic N) is 4. The van der Waals surface area contributed by atoms with Gasteiger partial charge in [-0.15, -0.1) is 0 Å². The van der Waals surface area contributed by atoms with Crippen molar-refractivity contribution in [1.82, 2.24) is 5.01 Å². The minimum atomic E-state index is -0.379. The molecule has 2 aromatic carbocycles. The molecule has 0 fully saturated rings.